The Hall–Kier alpha value is -1.92. The normalized spacial score (nSPS) is 39.6. The van der Waals surface area contributed by atoms with Crippen LogP contribution in [0, 0.1) is 11.8 Å². The summed E-state index contributed by atoms with van der Waals surface area (Å²) in [4.78, 5) is 28.4. The molecule has 0 spiro atoms. The molecule has 0 radical (unpaired) electrons. The first kappa shape index (κ1) is 16.0. The smallest absolute Gasteiger partial charge is 0.334 e. The van der Waals surface area contributed by atoms with Gasteiger partial charge in [0.1, 0.15) is 17.8 Å². The van der Waals surface area contributed by atoms with Crippen molar-refractivity contribution in [3.05, 3.63) is 36.5 Å². The lowest BCUT2D eigenvalue weighted by atomic mass is 9.77. The second-order valence-corrected chi connectivity index (χ2v) is 6.49. The van der Waals surface area contributed by atoms with E-state index in [1.54, 1.807) is 0 Å². The van der Waals surface area contributed by atoms with Crippen LogP contribution in [0.15, 0.2) is 36.5 Å². The molecule has 2 aliphatic carbocycles. The minimum absolute atomic E-state index is 0.266. The fourth-order valence-corrected chi connectivity index (χ4v) is 4.23. The van der Waals surface area contributed by atoms with Gasteiger partial charge in [-0.05, 0) is 18.4 Å². The molecule has 0 aromatic carbocycles. The van der Waals surface area contributed by atoms with Gasteiger partial charge in [-0.3, -0.25) is 10.1 Å². The number of hydrogen-bond acceptors (Lipinski definition) is 6. The first-order valence-electron chi connectivity index (χ1n) is 7.57. The van der Waals surface area contributed by atoms with Gasteiger partial charge in [0, 0.05) is 18.9 Å². The maximum Gasteiger partial charge on any atom is 0.334 e. The summed E-state index contributed by atoms with van der Waals surface area (Å²) in [7, 11) is 0. The highest BCUT2D eigenvalue weighted by Crippen LogP contribution is 2.55. The zero-order chi connectivity index (χ0) is 16.9. The Morgan fingerprint density at radius 2 is 2.09 bits per heavy atom. The van der Waals surface area contributed by atoms with Crippen molar-refractivity contribution in [3.63, 3.8) is 0 Å². The van der Waals surface area contributed by atoms with E-state index in [4.69, 9.17) is 14.4 Å². The van der Waals surface area contributed by atoms with Crippen molar-refractivity contribution in [2.75, 3.05) is 0 Å². The predicted octanol–water partition coefficient (Wildman–Crippen LogP) is 2.17. The summed E-state index contributed by atoms with van der Waals surface area (Å²) in [5, 5.41) is 9.63. The number of ether oxygens (including phenoxy) is 2. The Labute approximate surface area is 134 Å². The van der Waals surface area contributed by atoms with Crippen LogP contribution < -0.4 is 0 Å². The fraction of sp³-hybridized carbons (Fsp3) is 0.529. The van der Waals surface area contributed by atoms with Crippen molar-refractivity contribution >= 4 is 11.9 Å². The highest BCUT2D eigenvalue weighted by Gasteiger charge is 2.61. The molecule has 5 atom stereocenters. The number of hydrogen-bond donors (Lipinski definition) is 1. The van der Waals surface area contributed by atoms with Gasteiger partial charge in [0.2, 0.25) is 0 Å². The number of carbonyl (C=O) groups is 2. The molecular weight excluding hydrogens is 300 g/mol. The topological polar surface area (TPSA) is 82.1 Å². The molecule has 1 heterocycles. The van der Waals surface area contributed by atoms with Gasteiger partial charge in [-0.25, -0.2) is 9.68 Å². The van der Waals surface area contributed by atoms with Crippen molar-refractivity contribution < 1.29 is 29.2 Å². The van der Waals surface area contributed by atoms with E-state index in [2.05, 4.69) is 19.7 Å². The summed E-state index contributed by atoms with van der Waals surface area (Å²) < 4.78 is 10.9. The fourth-order valence-electron chi connectivity index (χ4n) is 4.23. The lowest BCUT2D eigenvalue weighted by molar-refractivity contribution is -0.323. The second-order valence-electron chi connectivity index (χ2n) is 6.49. The summed E-state index contributed by atoms with van der Waals surface area (Å²) in [5.41, 5.74) is 0.589. The Kier molecular flexibility index (Phi) is 3.69. The molecule has 0 aromatic heterocycles. The maximum absolute atomic E-state index is 11.9. The molecule has 0 bridgehead atoms. The molecule has 1 aliphatic heterocycles. The molecule has 1 N–H and O–H groups in total. The third-order valence-electron chi connectivity index (χ3n) is 5.28. The van der Waals surface area contributed by atoms with E-state index in [1.165, 1.54) is 6.92 Å². The molecule has 1 saturated heterocycles. The van der Waals surface area contributed by atoms with E-state index >= 15 is 0 Å². The molecule has 0 amide bonds. The molecule has 6 nitrogen and oxygen atoms in total. The summed E-state index contributed by atoms with van der Waals surface area (Å²) in [5.74, 6) is -1.98. The standard InChI is InChI=1S/C17H20O6/c1-8-5-6-17(23-20)9(2)7-12-13(10(3)16(19)22-12)15(14(8)17)21-11(4)18/h12-15,20H,1-3,5-7H2,4H3. The van der Waals surface area contributed by atoms with Gasteiger partial charge in [0.15, 0.2) is 0 Å². The lowest BCUT2D eigenvalue weighted by Crippen LogP contribution is -2.46. The van der Waals surface area contributed by atoms with Gasteiger partial charge < -0.3 is 9.47 Å². The molecule has 3 aliphatic rings. The van der Waals surface area contributed by atoms with Crippen LogP contribution in [0.1, 0.15) is 26.2 Å². The van der Waals surface area contributed by atoms with Gasteiger partial charge in [-0.2, -0.15) is 0 Å². The number of fused-ring (bicyclic) bond motifs is 2. The van der Waals surface area contributed by atoms with Crippen LogP contribution in [0.3, 0.4) is 0 Å². The van der Waals surface area contributed by atoms with Crippen molar-refractivity contribution in [1.29, 1.82) is 0 Å². The van der Waals surface area contributed by atoms with E-state index in [0.29, 0.717) is 24.8 Å². The molecule has 23 heavy (non-hydrogen) atoms. The van der Waals surface area contributed by atoms with Crippen molar-refractivity contribution in [3.8, 4) is 0 Å². The van der Waals surface area contributed by atoms with Gasteiger partial charge in [-0.1, -0.05) is 25.3 Å². The van der Waals surface area contributed by atoms with Crippen molar-refractivity contribution in [2.45, 2.75) is 44.0 Å². The van der Waals surface area contributed by atoms with Crippen molar-refractivity contribution in [1.82, 2.24) is 0 Å². The summed E-state index contributed by atoms with van der Waals surface area (Å²) >= 11 is 0. The molecule has 0 aromatic rings. The van der Waals surface area contributed by atoms with Crippen LogP contribution in [-0.4, -0.2) is 35.0 Å². The predicted molar refractivity (Wildman–Crippen MR) is 80.1 cm³/mol. The molecule has 6 heteroatoms. The van der Waals surface area contributed by atoms with Crippen LogP contribution in [0.2, 0.25) is 0 Å². The summed E-state index contributed by atoms with van der Waals surface area (Å²) in [6, 6.07) is 0. The van der Waals surface area contributed by atoms with Crippen LogP contribution in [0.25, 0.3) is 0 Å². The minimum Gasteiger partial charge on any atom is -0.461 e. The Morgan fingerprint density at radius 1 is 1.39 bits per heavy atom. The van der Waals surface area contributed by atoms with E-state index in [1.807, 2.05) is 0 Å². The molecule has 5 unspecified atom stereocenters. The molecule has 124 valence electrons. The summed E-state index contributed by atoms with van der Waals surface area (Å²) in [6.45, 7) is 13.2. The number of rotatable bonds is 2. The van der Waals surface area contributed by atoms with Gasteiger partial charge in [0.05, 0.1) is 11.8 Å². The Balaban J connectivity index is 2.13. The van der Waals surface area contributed by atoms with E-state index < -0.39 is 41.6 Å². The molecular formula is C17H20O6. The SMILES string of the molecule is C=C1C(=O)OC2CC(=C)C3(OO)CCC(=C)C3C(OC(C)=O)C12. The minimum atomic E-state index is -1.08. The van der Waals surface area contributed by atoms with Gasteiger partial charge in [0.25, 0.3) is 0 Å². The first-order valence-corrected chi connectivity index (χ1v) is 7.57. The second kappa shape index (κ2) is 5.32. The van der Waals surface area contributed by atoms with Gasteiger partial charge in [-0.15, -0.1) is 0 Å². The molecule has 3 fully saturated rings. The monoisotopic (exact) mass is 320 g/mol. The zero-order valence-electron chi connectivity index (χ0n) is 13.0. The average Bonchev–Trinajstić information content (AvgIpc) is 2.92. The Bertz CT molecular complexity index is 621. The number of esters is 2. The van der Waals surface area contributed by atoms with E-state index in [-0.39, 0.29) is 5.57 Å². The highest BCUT2D eigenvalue weighted by molar-refractivity contribution is 5.91. The zero-order valence-corrected chi connectivity index (χ0v) is 13.0. The number of carbonyl (C=O) groups excluding carboxylic acids is 2. The maximum atomic E-state index is 11.9. The van der Waals surface area contributed by atoms with Gasteiger partial charge >= 0.3 is 11.9 Å². The van der Waals surface area contributed by atoms with Crippen LogP contribution in [0.5, 0.6) is 0 Å². The highest BCUT2D eigenvalue weighted by atomic mass is 17.1. The van der Waals surface area contributed by atoms with Crippen molar-refractivity contribution in [2.24, 2.45) is 11.8 Å². The first-order chi connectivity index (χ1) is 10.8. The van der Waals surface area contributed by atoms with E-state index in [9.17, 15) is 14.8 Å². The third kappa shape index (κ3) is 2.16. The molecule has 2 saturated carbocycles. The van der Waals surface area contributed by atoms with E-state index in [0.717, 1.165) is 5.57 Å². The quantitative estimate of drug-likeness (QED) is 0.276. The Morgan fingerprint density at radius 3 is 2.70 bits per heavy atom. The van der Waals surface area contributed by atoms with Crippen LogP contribution in [0.4, 0.5) is 0 Å². The third-order valence-corrected chi connectivity index (χ3v) is 5.28. The molecule has 3 rings (SSSR count). The largest absolute Gasteiger partial charge is 0.461 e. The average molecular weight is 320 g/mol. The van der Waals surface area contributed by atoms with Crippen LogP contribution >= 0.6 is 0 Å². The summed E-state index contributed by atoms with van der Waals surface area (Å²) in [6.07, 6.45) is 0.150. The lowest BCUT2D eigenvalue weighted by Gasteiger charge is -2.37. The van der Waals surface area contributed by atoms with Crippen LogP contribution in [-0.2, 0) is 24.0 Å².